The van der Waals surface area contributed by atoms with Gasteiger partial charge in [0.15, 0.2) is 11.6 Å². The van der Waals surface area contributed by atoms with Gasteiger partial charge in [-0.15, -0.1) is 0 Å². The number of amides is 2. The van der Waals surface area contributed by atoms with Gasteiger partial charge in [0.25, 0.3) is 5.91 Å². The lowest BCUT2D eigenvalue weighted by Crippen LogP contribution is -2.53. The van der Waals surface area contributed by atoms with Crippen molar-refractivity contribution in [1.29, 1.82) is 0 Å². The first-order chi connectivity index (χ1) is 13.0. The number of nitrogens with zero attached hydrogens (tertiary/aromatic N) is 2. The Labute approximate surface area is 156 Å². The van der Waals surface area contributed by atoms with Crippen LogP contribution in [0.2, 0.25) is 0 Å². The molecule has 0 bridgehead atoms. The Morgan fingerprint density at radius 2 is 1.74 bits per heavy atom. The maximum atomic E-state index is 13.2. The number of fused-ring (bicyclic) bond motifs is 1. The van der Waals surface area contributed by atoms with Crippen molar-refractivity contribution in [3.8, 4) is 0 Å². The van der Waals surface area contributed by atoms with Crippen LogP contribution in [0, 0.1) is 0 Å². The van der Waals surface area contributed by atoms with E-state index in [0.717, 1.165) is 5.56 Å². The van der Waals surface area contributed by atoms with Gasteiger partial charge < -0.3 is 9.80 Å². The number of ketones is 2. The monoisotopic (exact) mass is 362 g/mol. The molecule has 2 amide bonds. The van der Waals surface area contributed by atoms with E-state index < -0.39 is 0 Å². The molecule has 0 saturated carbocycles. The summed E-state index contributed by atoms with van der Waals surface area (Å²) >= 11 is 0. The molecule has 6 heteroatoms. The molecule has 0 aromatic heterocycles. The Hall–Kier alpha value is -3.28. The number of carbonyl (C=O) groups excluding carboxylic acids is 4. The van der Waals surface area contributed by atoms with Crippen molar-refractivity contribution < 1.29 is 19.2 Å². The Kier molecular flexibility index (Phi) is 4.32. The summed E-state index contributed by atoms with van der Waals surface area (Å²) < 4.78 is 0. The van der Waals surface area contributed by atoms with Gasteiger partial charge in [-0.2, -0.15) is 0 Å². The molecule has 0 radical (unpaired) electrons. The molecule has 0 unspecified atom stereocenters. The standard InChI is InChI=1S/C21H18N2O4/c24-15-8-9-18(25)17(11-15)16-7-4-10-23-19(26)13-22(21(27)20(16)23)12-14-5-2-1-3-6-14/h1-3,5-6,8-9,11H,4,7,10,12-13H2. The highest BCUT2D eigenvalue weighted by Crippen LogP contribution is 2.33. The molecule has 1 aromatic carbocycles. The van der Waals surface area contributed by atoms with Gasteiger partial charge >= 0.3 is 0 Å². The van der Waals surface area contributed by atoms with Gasteiger partial charge in [0, 0.05) is 18.7 Å². The predicted molar refractivity (Wildman–Crippen MR) is 97.1 cm³/mol. The molecule has 1 aromatic rings. The average molecular weight is 362 g/mol. The zero-order chi connectivity index (χ0) is 19.0. The maximum Gasteiger partial charge on any atom is 0.271 e. The topological polar surface area (TPSA) is 74.8 Å². The van der Waals surface area contributed by atoms with Gasteiger partial charge in [-0.1, -0.05) is 30.3 Å². The van der Waals surface area contributed by atoms with Crippen molar-refractivity contribution in [1.82, 2.24) is 9.80 Å². The first kappa shape index (κ1) is 17.1. The minimum Gasteiger partial charge on any atom is -0.324 e. The summed E-state index contributed by atoms with van der Waals surface area (Å²) in [4.78, 5) is 52.9. The number of piperazine rings is 1. The molecule has 3 aliphatic rings. The number of hydrogen-bond acceptors (Lipinski definition) is 4. The van der Waals surface area contributed by atoms with Crippen LogP contribution in [0.3, 0.4) is 0 Å². The number of allylic oxidation sites excluding steroid dienone is 5. The Balaban J connectivity index is 1.74. The number of rotatable bonds is 3. The molecule has 2 heterocycles. The molecule has 1 saturated heterocycles. The quantitative estimate of drug-likeness (QED) is 0.765. The summed E-state index contributed by atoms with van der Waals surface area (Å²) in [6.07, 6.45) is 4.85. The maximum absolute atomic E-state index is 13.2. The van der Waals surface area contributed by atoms with Crippen molar-refractivity contribution in [3.63, 3.8) is 0 Å². The molecule has 1 aliphatic carbocycles. The van der Waals surface area contributed by atoms with E-state index in [2.05, 4.69) is 0 Å². The first-order valence-electron chi connectivity index (χ1n) is 8.90. The first-order valence-corrected chi connectivity index (χ1v) is 8.90. The normalized spacial score (nSPS) is 20.2. The van der Waals surface area contributed by atoms with Crippen LogP contribution >= 0.6 is 0 Å². The average Bonchev–Trinajstić information content (AvgIpc) is 2.68. The van der Waals surface area contributed by atoms with E-state index in [-0.39, 0.29) is 41.2 Å². The third-order valence-corrected chi connectivity index (χ3v) is 4.97. The van der Waals surface area contributed by atoms with E-state index in [1.165, 1.54) is 28.0 Å². The summed E-state index contributed by atoms with van der Waals surface area (Å²) in [6.45, 7) is 0.784. The second kappa shape index (κ2) is 6.79. The van der Waals surface area contributed by atoms with Gasteiger partial charge in [0.05, 0.1) is 0 Å². The molecule has 2 aliphatic heterocycles. The highest BCUT2D eigenvalue weighted by molar-refractivity contribution is 6.20. The van der Waals surface area contributed by atoms with Crippen molar-refractivity contribution in [3.05, 3.63) is 71.0 Å². The van der Waals surface area contributed by atoms with E-state index in [4.69, 9.17) is 0 Å². The second-order valence-electron chi connectivity index (χ2n) is 6.78. The van der Waals surface area contributed by atoms with E-state index in [0.29, 0.717) is 31.5 Å². The summed E-state index contributed by atoms with van der Waals surface area (Å²) in [5.74, 6) is -1.03. The molecule has 0 N–H and O–H groups in total. The number of hydrogen-bond donors (Lipinski definition) is 0. The van der Waals surface area contributed by atoms with E-state index in [1.807, 2.05) is 30.3 Å². The van der Waals surface area contributed by atoms with Crippen LogP contribution in [0.25, 0.3) is 0 Å². The molecule has 136 valence electrons. The minimum atomic E-state index is -0.306. The van der Waals surface area contributed by atoms with Gasteiger partial charge in [-0.05, 0) is 42.2 Å². The van der Waals surface area contributed by atoms with Gasteiger partial charge in [-0.3, -0.25) is 19.2 Å². The summed E-state index contributed by atoms with van der Waals surface area (Å²) in [7, 11) is 0. The van der Waals surface area contributed by atoms with Crippen LogP contribution in [0.15, 0.2) is 65.4 Å². The largest absolute Gasteiger partial charge is 0.324 e. The van der Waals surface area contributed by atoms with Crippen molar-refractivity contribution in [2.75, 3.05) is 13.1 Å². The fourth-order valence-corrected chi connectivity index (χ4v) is 3.71. The molecule has 27 heavy (non-hydrogen) atoms. The lowest BCUT2D eigenvalue weighted by molar-refractivity contribution is -0.146. The SMILES string of the molecule is O=C1C=CC(=O)C(C2=C3C(=O)N(Cc4ccccc4)CC(=O)N3CCC2)=C1. The number of carbonyl (C=O) groups is 4. The molecule has 0 atom stereocenters. The van der Waals surface area contributed by atoms with Crippen LogP contribution < -0.4 is 0 Å². The third kappa shape index (κ3) is 3.14. The zero-order valence-electron chi connectivity index (χ0n) is 14.7. The number of benzene rings is 1. The summed E-state index contributed by atoms with van der Waals surface area (Å²) in [5, 5.41) is 0. The molecular weight excluding hydrogens is 344 g/mol. The van der Waals surface area contributed by atoms with Crippen LogP contribution in [0.1, 0.15) is 18.4 Å². The molecule has 0 spiro atoms. The van der Waals surface area contributed by atoms with E-state index in [9.17, 15) is 19.2 Å². The van der Waals surface area contributed by atoms with Crippen molar-refractivity contribution in [2.24, 2.45) is 0 Å². The van der Waals surface area contributed by atoms with Crippen molar-refractivity contribution in [2.45, 2.75) is 19.4 Å². The second-order valence-corrected chi connectivity index (χ2v) is 6.78. The zero-order valence-corrected chi connectivity index (χ0v) is 14.7. The third-order valence-electron chi connectivity index (χ3n) is 4.97. The van der Waals surface area contributed by atoms with E-state index in [1.54, 1.807) is 0 Å². The Morgan fingerprint density at radius 1 is 0.963 bits per heavy atom. The Bertz CT molecular complexity index is 940. The lowest BCUT2D eigenvalue weighted by atomic mass is 9.88. The molecule has 4 rings (SSSR count). The highest BCUT2D eigenvalue weighted by Gasteiger charge is 2.40. The van der Waals surface area contributed by atoms with E-state index >= 15 is 0 Å². The predicted octanol–water partition coefficient (Wildman–Crippen LogP) is 1.54. The molecule has 1 fully saturated rings. The van der Waals surface area contributed by atoms with Crippen LogP contribution in [-0.4, -0.2) is 46.3 Å². The minimum absolute atomic E-state index is 0.0103. The van der Waals surface area contributed by atoms with Crippen LogP contribution in [0.5, 0.6) is 0 Å². The summed E-state index contributed by atoms with van der Waals surface area (Å²) in [6, 6.07) is 9.45. The fourth-order valence-electron chi connectivity index (χ4n) is 3.71. The van der Waals surface area contributed by atoms with Gasteiger partial charge in [0.2, 0.25) is 5.91 Å². The van der Waals surface area contributed by atoms with Crippen molar-refractivity contribution >= 4 is 23.4 Å². The Morgan fingerprint density at radius 3 is 2.52 bits per heavy atom. The smallest absolute Gasteiger partial charge is 0.271 e. The lowest BCUT2D eigenvalue weighted by Gasteiger charge is -2.40. The highest BCUT2D eigenvalue weighted by atomic mass is 16.2. The van der Waals surface area contributed by atoms with Gasteiger partial charge in [0.1, 0.15) is 12.2 Å². The summed E-state index contributed by atoms with van der Waals surface area (Å²) in [5.41, 5.74) is 1.90. The fraction of sp³-hybridized carbons (Fsp3) is 0.238. The van der Waals surface area contributed by atoms with Crippen LogP contribution in [0.4, 0.5) is 0 Å². The molecule has 6 nitrogen and oxygen atoms in total. The molecular formula is C21H18N2O4. The van der Waals surface area contributed by atoms with Gasteiger partial charge in [-0.25, -0.2) is 0 Å². The van der Waals surface area contributed by atoms with Crippen LogP contribution in [-0.2, 0) is 25.7 Å².